The Morgan fingerprint density at radius 1 is 1.21 bits per heavy atom. The zero-order valence-corrected chi connectivity index (χ0v) is 20.7. The van der Waals surface area contributed by atoms with Gasteiger partial charge in [0.05, 0.1) is 33.0 Å². The number of morpholine rings is 1. The topological polar surface area (TPSA) is 111 Å². The standard InChI is InChI=1S/C22H28N2O7S2/c1-14(2)11-16-13-32-21(19(16)22(26)30-4)23-20(25)15-5-6-17(29-3)18(12-15)33(27,28)24-7-9-31-10-8-24/h5-6,12-14H,7-11H2,1-4H3,(H,23,25). The molecular weight excluding hydrogens is 468 g/mol. The lowest BCUT2D eigenvalue weighted by atomic mass is 10.0. The van der Waals surface area contributed by atoms with Crippen molar-refractivity contribution >= 4 is 38.2 Å². The molecule has 1 fully saturated rings. The number of hydrogen-bond acceptors (Lipinski definition) is 8. The molecule has 0 aliphatic carbocycles. The Morgan fingerprint density at radius 2 is 1.91 bits per heavy atom. The smallest absolute Gasteiger partial charge is 0.341 e. The predicted octanol–water partition coefficient (Wildman–Crippen LogP) is 3.02. The number of sulfonamides is 1. The summed E-state index contributed by atoms with van der Waals surface area (Å²) in [7, 11) is -1.23. The van der Waals surface area contributed by atoms with Gasteiger partial charge in [-0.25, -0.2) is 13.2 Å². The molecule has 1 N–H and O–H groups in total. The van der Waals surface area contributed by atoms with Crippen molar-refractivity contribution in [2.45, 2.75) is 25.2 Å². The normalized spacial score (nSPS) is 14.8. The van der Waals surface area contributed by atoms with E-state index in [1.807, 2.05) is 19.2 Å². The fourth-order valence-electron chi connectivity index (χ4n) is 3.52. The van der Waals surface area contributed by atoms with Gasteiger partial charge in [0, 0.05) is 18.7 Å². The van der Waals surface area contributed by atoms with Gasteiger partial charge in [-0.1, -0.05) is 13.8 Å². The van der Waals surface area contributed by atoms with E-state index in [2.05, 4.69) is 5.32 Å². The maximum Gasteiger partial charge on any atom is 0.341 e. The van der Waals surface area contributed by atoms with Crippen molar-refractivity contribution in [3.63, 3.8) is 0 Å². The molecule has 180 valence electrons. The number of anilines is 1. The Bertz CT molecular complexity index is 1120. The van der Waals surface area contributed by atoms with E-state index in [9.17, 15) is 18.0 Å². The van der Waals surface area contributed by atoms with Crippen molar-refractivity contribution in [3.05, 3.63) is 40.3 Å². The van der Waals surface area contributed by atoms with Gasteiger partial charge in [0.15, 0.2) is 0 Å². The molecule has 0 atom stereocenters. The third kappa shape index (κ3) is 5.55. The van der Waals surface area contributed by atoms with Crippen molar-refractivity contribution in [2.24, 2.45) is 5.92 Å². The van der Waals surface area contributed by atoms with Crippen LogP contribution in [-0.4, -0.2) is 65.1 Å². The summed E-state index contributed by atoms with van der Waals surface area (Å²) in [5, 5.41) is 4.92. The van der Waals surface area contributed by atoms with Gasteiger partial charge in [-0.2, -0.15) is 4.31 Å². The van der Waals surface area contributed by atoms with Gasteiger partial charge in [-0.05, 0) is 41.5 Å². The van der Waals surface area contributed by atoms with E-state index in [0.29, 0.717) is 36.1 Å². The minimum atomic E-state index is -3.89. The minimum absolute atomic E-state index is 0.0978. The minimum Gasteiger partial charge on any atom is -0.495 e. The number of benzene rings is 1. The third-order valence-electron chi connectivity index (χ3n) is 5.13. The van der Waals surface area contributed by atoms with Gasteiger partial charge in [0.25, 0.3) is 5.91 Å². The number of carbonyl (C=O) groups excluding carboxylic acids is 2. The SMILES string of the molecule is COC(=O)c1c(CC(C)C)csc1NC(=O)c1ccc(OC)c(S(=O)(=O)N2CCOCC2)c1. The first-order valence-corrected chi connectivity index (χ1v) is 12.8. The fourth-order valence-corrected chi connectivity index (χ4v) is 6.07. The Balaban J connectivity index is 1.93. The van der Waals surface area contributed by atoms with Crippen LogP contribution in [0.2, 0.25) is 0 Å². The van der Waals surface area contributed by atoms with E-state index >= 15 is 0 Å². The second-order valence-corrected chi connectivity index (χ2v) is 10.7. The molecule has 2 heterocycles. The molecule has 0 bridgehead atoms. The molecule has 1 aliphatic rings. The number of carbonyl (C=O) groups is 2. The highest BCUT2D eigenvalue weighted by atomic mass is 32.2. The first-order chi connectivity index (χ1) is 15.7. The highest BCUT2D eigenvalue weighted by molar-refractivity contribution is 7.89. The summed E-state index contributed by atoms with van der Waals surface area (Å²) >= 11 is 1.23. The van der Waals surface area contributed by atoms with Crippen molar-refractivity contribution in [1.29, 1.82) is 0 Å². The highest BCUT2D eigenvalue weighted by Gasteiger charge is 2.30. The van der Waals surface area contributed by atoms with Gasteiger partial charge in [0.2, 0.25) is 10.0 Å². The van der Waals surface area contributed by atoms with E-state index in [1.165, 1.54) is 48.1 Å². The second-order valence-electron chi connectivity index (χ2n) is 7.89. The molecule has 1 aromatic carbocycles. The van der Waals surface area contributed by atoms with E-state index < -0.39 is 21.9 Å². The first-order valence-electron chi connectivity index (χ1n) is 10.4. The monoisotopic (exact) mass is 496 g/mol. The van der Waals surface area contributed by atoms with Gasteiger partial charge in [0.1, 0.15) is 15.6 Å². The van der Waals surface area contributed by atoms with E-state index in [1.54, 1.807) is 0 Å². The molecular formula is C22H28N2O7S2. The van der Waals surface area contributed by atoms with E-state index in [4.69, 9.17) is 14.2 Å². The average Bonchev–Trinajstić information content (AvgIpc) is 3.19. The lowest BCUT2D eigenvalue weighted by Crippen LogP contribution is -2.40. The quantitative estimate of drug-likeness (QED) is 0.559. The molecule has 0 saturated carbocycles. The summed E-state index contributed by atoms with van der Waals surface area (Å²) in [6.45, 7) is 5.11. The average molecular weight is 497 g/mol. The number of nitrogens with one attached hydrogen (secondary N) is 1. The fraction of sp³-hybridized carbons (Fsp3) is 0.455. The van der Waals surface area contributed by atoms with Gasteiger partial charge >= 0.3 is 5.97 Å². The zero-order chi connectivity index (χ0) is 24.2. The van der Waals surface area contributed by atoms with Crippen molar-refractivity contribution in [3.8, 4) is 5.75 Å². The van der Waals surface area contributed by atoms with Crippen LogP contribution in [0.5, 0.6) is 5.75 Å². The molecule has 1 aromatic heterocycles. The molecule has 1 saturated heterocycles. The van der Waals surface area contributed by atoms with Crippen molar-refractivity contribution < 1.29 is 32.2 Å². The number of ether oxygens (including phenoxy) is 3. The lowest BCUT2D eigenvalue weighted by molar-refractivity contribution is 0.0601. The zero-order valence-electron chi connectivity index (χ0n) is 19.0. The van der Waals surface area contributed by atoms with Crippen LogP contribution >= 0.6 is 11.3 Å². The van der Waals surface area contributed by atoms with Gasteiger partial charge in [-0.15, -0.1) is 11.3 Å². The van der Waals surface area contributed by atoms with E-state index in [-0.39, 0.29) is 29.3 Å². The molecule has 3 rings (SSSR count). The number of amides is 1. The Kier molecular flexibility index (Phi) is 8.11. The number of nitrogens with zero attached hydrogens (tertiary/aromatic N) is 1. The molecule has 0 spiro atoms. The summed E-state index contributed by atoms with van der Waals surface area (Å²) in [5.41, 5.74) is 1.24. The van der Waals surface area contributed by atoms with Crippen LogP contribution in [0.3, 0.4) is 0 Å². The Morgan fingerprint density at radius 3 is 2.52 bits per heavy atom. The van der Waals surface area contributed by atoms with E-state index in [0.717, 1.165) is 5.56 Å². The van der Waals surface area contributed by atoms with Crippen molar-refractivity contribution in [1.82, 2.24) is 4.31 Å². The van der Waals surface area contributed by atoms with Crippen LogP contribution in [0.25, 0.3) is 0 Å². The third-order valence-corrected chi connectivity index (χ3v) is 7.99. The maximum atomic E-state index is 13.2. The summed E-state index contributed by atoms with van der Waals surface area (Å²) in [6, 6.07) is 4.22. The molecule has 1 aliphatic heterocycles. The molecule has 0 radical (unpaired) electrons. The van der Waals surface area contributed by atoms with Crippen LogP contribution in [0.15, 0.2) is 28.5 Å². The molecule has 33 heavy (non-hydrogen) atoms. The molecule has 9 nitrogen and oxygen atoms in total. The number of esters is 1. The highest BCUT2D eigenvalue weighted by Crippen LogP contribution is 2.32. The predicted molar refractivity (Wildman–Crippen MR) is 125 cm³/mol. The van der Waals surface area contributed by atoms with Gasteiger partial charge < -0.3 is 19.5 Å². The van der Waals surface area contributed by atoms with Crippen LogP contribution in [-0.2, 0) is 25.9 Å². The number of thiophene rings is 1. The summed E-state index contributed by atoms with van der Waals surface area (Å²) < 4.78 is 43.1. The van der Waals surface area contributed by atoms with Crippen molar-refractivity contribution in [2.75, 3.05) is 45.8 Å². The molecule has 0 unspecified atom stereocenters. The number of hydrogen-bond donors (Lipinski definition) is 1. The number of methoxy groups -OCH3 is 2. The van der Waals surface area contributed by atoms with Crippen LogP contribution in [0, 0.1) is 5.92 Å². The second kappa shape index (κ2) is 10.6. The molecule has 1 amide bonds. The number of rotatable bonds is 8. The molecule has 2 aromatic rings. The van der Waals surface area contributed by atoms with Crippen LogP contribution in [0.4, 0.5) is 5.00 Å². The van der Waals surface area contributed by atoms with Gasteiger partial charge in [-0.3, -0.25) is 4.79 Å². The largest absolute Gasteiger partial charge is 0.495 e. The summed E-state index contributed by atoms with van der Waals surface area (Å²) in [6.07, 6.45) is 0.654. The molecule has 11 heteroatoms. The lowest BCUT2D eigenvalue weighted by Gasteiger charge is -2.26. The first kappa shape index (κ1) is 25.2. The maximum absolute atomic E-state index is 13.2. The summed E-state index contributed by atoms with van der Waals surface area (Å²) in [4.78, 5) is 25.3. The Labute approximate surface area is 197 Å². The summed E-state index contributed by atoms with van der Waals surface area (Å²) in [5.74, 6) is -0.628. The Hall–Kier alpha value is -2.47. The van der Waals surface area contributed by atoms with Crippen LogP contribution < -0.4 is 10.1 Å². The van der Waals surface area contributed by atoms with Crippen LogP contribution in [0.1, 0.15) is 40.1 Å².